The summed E-state index contributed by atoms with van der Waals surface area (Å²) in [6.45, 7) is 0. The number of amides is 1. The summed E-state index contributed by atoms with van der Waals surface area (Å²) < 4.78 is 3.99. The number of carbonyl (C=O) groups excluding carboxylic acids is 1. The van der Waals surface area contributed by atoms with Crippen molar-refractivity contribution in [3.05, 3.63) is 61.1 Å². The van der Waals surface area contributed by atoms with E-state index in [9.17, 15) is 4.79 Å². The largest absolute Gasteiger partial charge is 0.307 e. The van der Waals surface area contributed by atoms with Crippen molar-refractivity contribution in [3.8, 4) is 11.5 Å². The molecule has 1 aliphatic carbocycles. The molecule has 1 aliphatic heterocycles. The second-order valence-electron chi connectivity index (χ2n) is 7.22. The van der Waals surface area contributed by atoms with E-state index >= 15 is 0 Å². The van der Waals surface area contributed by atoms with Crippen LogP contribution in [0.1, 0.15) is 32.1 Å². The van der Waals surface area contributed by atoms with Crippen molar-refractivity contribution in [1.82, 2.24) is 14.3 Å². The molecule has 0 radical (unpaired) electrons. The van der Waals surface area contributed by atoms with Crippen LogP contribution in [0.4, 0.5) is 5.69 Å². The SMILES string of the molecule is O=C1CSC2(CCCCC2)N1c1cnn(-c2ccccc2)c1-n1cccc1. The monoisotopic (exact) mass is 378 g/mol. The first-order chi connectivity index (χ1) is 13.3. The first kappa shape index (κ1) is 16.7. The predicted molar refractivity (Wildman–Crippen MR) is 109 cm³/mol. The van der Waals surface area contributed by atoms with Crippen LogP contribution in [-0.2, 0) is 4.79 Å². The molecule has 0 N–H and O–H groups in total. The highest BCUT2D eigenvalue weighted by Crippen LogP contribution is 2.50. The second kappa shape index (κ2) is 6.60. The molecule has 0 atom stereocenters. The van der Waals surface area contributed by atoms with Crippen molar-refractivity contribution in [3.63, 3.8) is 0 Å². The zero-order valence-electron chi connectivity index (χ0n) is 15.1. The smallest absolute Gasteiger partial charge is 0.238 e. The maximum absolute atomic E-state index is 13.0. The van der Waals surface area contributed by atoms with Crippen molar-refractivity contribution in [1.29, 1.82) is 0 Å². The Morgan fingerprint density at radius 1 is 0.963 bits per heavy atom. The van der Waals surface area contributed by atoms with Crippen molar-refractivity contribution < 1.29 is 4.79 Å². The average molecular weight is 379 g/mol. The lowest BCUT2D eigenvalue weighted by atomic mass is 9.93. The summed E-state index contributed by atoms with van der Waals surface area (Å²) in [4.78, 5) is 14.9. The van der Waals surface area contributed by atoms with Crippen LogP contribution in [-0.4, -0.2) is 30.9 Å². The summed E-state index contributed by atoms with van der Waals surface area (Å²) in [5.74, 6) is 1.68. The molecular formula is C21H22N4OS. The van der Waals surface area contributed by atoms with Gasteiger partial charge in [0.25, 0.3) is 0 Å². The van der Waals surface area contributed by atoms with E-state index in [-0.39, 0.29) is 10.8 Å². The van der Waals surface area contributed by atoms with Gasteiger partial charge in [-0.25, -0.2) is 4.68 Å². The molecule has 2 aliphatic rings. The summed E-state index contributed by atoms with van der Waals surface area (Å²) in [5.41, 5.74) is 1.90. The van der Waals surface area contributed by atoms with Crippen LogP contribution >= 0.6 is 11.8 Å². The van der Waals surface area contributed by atoms with Gasteiger partial charge in [0.1, 0.15) is 5.69 Å². The molecule has 138 valence electrons. The molecule has 2 aromatic heterocycles. The first-order valence-corrected chi connectivity index (χ1v) is 10.5. The lowest BCUT2D eigenvalue weighted by Crippen LogP contribution is -2.46. The number of rotatable bonds is 3. The minimum atomic E-state index is -0.109. The topological polar surface area (TPSA) is 43.1 Å². The summed E-state index contributed by atoms with van der Waals surface area (Å²) in [6, 6.07) is 14.1. The van der Waals surface area contributed by atoms with Crippen molar-refractivity contribution in [2.45, 2.75) is 37.0 Å². The molecule has 1 spiro atoms. The second-order valence-corrected chi connectivity index (χ2v) is 8.55. The zero-order valence-corrected chi connectivity index (χ0v) is 15.9. The average Bonchev–Trinajstić information content (AvgIpc) is 3.43. The molecule has 5 nitrogen and oxygen atoms in total. The Labute approximate surface area is 163 Å². The van der Waals surface area contributed by atoms with Gasteiger partial charge in [-0.1, -0.05) is 37.5 Å². The normalized spacial score (nSPS) is 19.1. The van der Waals surface area contributed by atoms with E-state index in [1.165, 1.54) is 19.3 Å². The quantitative estimate of drug-likeness (QED) is 0.678. The summed E-state index contributed by atoms with van der Waals surface area (Å²) in [7, 11) is 0. The minimum absolute atomic E-state index is 0.109. The molecule has 1 aromatic carbocycles. The molecule has 3 aromatic rings. The van der Waals surface area contributed by atoms with Crippen LogP contribution in [0.5, 0.6) is 0 Å². The maximum Gasteiger partial charge on any atom is 0.238 e. The van der Waals surface area contributed by atoms with Crippen LogP contribution in [0.15, 0.2) is 61.1 Å². The van der Waals surface area contributed by atoms with Crippen LogP contribution in [0.3, 0.4) is 0 Å². The molecule has 0 bridgehead atoms. The number of carbonyl (C=O) groups is 1. The number of anilines is 1. The fraction of sp³-hybridized carbons (Fsp3) is 0.333. The number of aromatic nitrogens is 3. The lowest BCUT2D eigenvalue weighted by molar-refractivity contribution is -0.116. The number of hydrogen-bond acceptors (Lipinski definition) is 3. The van der Waals surface area contributed by atoms with Crippen molar-refractivity contribution >= 4 is 23.4 Å². The molecule has 1 saturated carbocycles. The fourth-order valence-corrected chi connectivity index (χ4v) is 5.77. The third-order valence-corrected chi connectivity index (χ3v) is 7.09. The fourth-order valence-electron chi connectivity index (χ4n) is 4.35. The van der Waals surface area contributed by atoms with Gasteiger partial charge in [-0.05, 0) is 37.1 Å². The van der Waals surface area contributed by atoms with Gasteiger partial charge in [0.05, 0.1) is 22.5 Å². The molecule has 27 heavy (non-hydrogen) atoms. The van der Waals surface area contributed by atoms with E-state index in [0.29, 0.717) is 5.75 Å². The highest BCUT2D eigenvalue weighted by atomic mass is 32.2. The molecule has 3 heterocycles. The standard InChI is InChI=1S/C21H22N4OS/c26-19-16-27-21(11-5-2-6-12-21)24(19)18-15-22-25(17-9-3-1-4-10-17)20(18)23-13-7-8-14-23/h1,3-4,7-10,13-15H,2,5-6,11-12,16H2. The lowest BCUT2D eigenvalue weighted by Gasteiger charge is -2.40. The minimum Gasteiger partial charge on any atom is -0.307 e. The molecule has 6 heteroatoms. The Morgan fingerprint density at radius 3 is 2.44 bits per heavy atom. The van der Waals surface area contributed by atoms with Crippen LogP contribution in [0, 0.1) is 0 Å². The molecule has 2 fully saturated rings. The number of benzene rings is 1. The van der Waals surface area contributed by atoms with Gasteiger partial charge in [0, 0.05) is 12.4 Å². The Kier molecular flexibility index (Phi) is 4.08. The van der Waals surface area contributed by atoms with Gasteiger partial charge in [0.2, 0.25) is 5.91 Å². The Bertz CT molecular complexity index is 942. The van der Waals surface area contributed by atoms with E-state index in [1.54, 1.807) is 0 Å². The number of hydrogen-bond donors (Lipinski definition) is 0. The molecule has 0 unspecified atom stereocenters. The van der Waals surface area contributed by atoms with Gasteiger partial charge < -0.3 is 4.57 Å². The van der Waals surface area contributed by atoms with Crippen LogP contribution in [0.25, 0.3) is 11.5 Å². The van der Waals surface area contributed by atoms with E-state index < -0.39 is 0 Å². The highest BCUT2D eigenvalue weighted by Gasteiger charge is 2.48. The molecule has 1 amide bonds. The van der Waals surface area contributed by atoms with E-state index in [2.05, 4.69) is 9.47 Å². The van der Waals surface area contributed by atoms with E-state index in [4.69, 9.17) is 5.10 Å². The summed E-state index contributed by atoms with van der Waals surface area (Å²) >= 11 is 1.82. The van der Waals surface area contributed by atoms with Gasteiger partial charge in [-0.3, -0.25) is 9.69 Å². The first-order valence-electron chi connectivity index (χ1n) is 9.52. The number of nitrogens with zero attached hydrogens (tertiary/aromatic N) is 4. The summed E-state index contributed by atoms with van der Waals surface area (Å²) in [5, 5.41) is 4.69. The Balaban J connectivity index is 1.68. The van der Waals surface area contributed by atoms with Crippen LogP contribution in [0.2, 0.25) is 0 Å². The summed E-state index contributed by atoms with van der Waals surface area (Å²) in [6.07, 6.45) is 11.6. The molecule has 1 saturated heterocycles. The number of para-hydroxylation sites is 1. The zero-order chi connectivity index (χ0) is 18.3. The third kappa shape index (κ3) is 2.70. The van der Waals surface area contributed by atoms with Gasteiger partial charge in [-0.2, -0.15) is 5.10 Å². The molecular weight excluding hydrogens is 356 g/mol. The third-order valence-electron chi connectivity index (χ3n) is 5.57. The maximum atomic E-state index is 13.0. The van der Waals surface area contributed by atoms with Crippen molar-refractivity contribution in [2.75, 3.05) is 10.7 Å². The van der Waals surface area contributed by atoms with Crippen LogP contribution < -0.4 is 4.90 Å². The Morgan fingerprint density at radius 2 is 1.70 bits per heavy atom. The van der Waals surface area contributed by atoms with Crippen molar-refractivity contribution in [2.24, 2.45) is 0 Å². The predicted octanol–water partition coefficient (Wildman–Crippen LogP) is 4.40. The Hall–Kier alpha value is -2.47. The van der Waals surface area contributed by atoms with Gasteiger partial charge in [0.15, 0.2) is 5.82 Å². The number of thioether (sulfide) groups is 1. The van der Waals surface area contributed by atoms with E-state index in [1.807, 2.05) is 77.5 Å². The van der Waals surface area contributed by atoms with Gasteiger partial charge >= 0.3 is 0 Å². The van der Waals surface area contributed by atoms with E-state index in [0.717, 1.165) is 30.0 Å². The molecule has 5 rings (SSSR count). The van der Waals surface area contributed by atoms with Gasteiger partial charge in [-0.15, -0.1) is 11.8 Å². The highest BCUT2D eigenvalue weighted by molar-refractivity contribution is 8.02.